The van der Waals surface area contributed by atoms with E-state index in [1.54, 1.807) is 0 Å². The average Bonchev–Trinajstić information content (AvgIpc) is 3.06. The summed E-state index contributed by atoms with van der Waals surface area (Å²) in [4.78, 5) is 15.7. The number of aryl methyl sites for hydroxylation is 1. The first-order valence-corrected chi connectivity index (χ1v) is 10.8. The number of hydrogen-bond acceptors (Lipinski definition) is 3. The summed E-state index contributed by atoms with van der Waals surface area (Å²) >= 11 is 0. The standard InChI is InChI=1S/C23H32N2O2/c1-2-3-13-24-15-11-18(12-16-24)9-10-21(26)22-19-7-4-5-8-20(19)25-14-6-17-27-23(22)25/h4-5,7-8,18H,2-3,6,9-17H2,1H3. The molecule has 1 aromatic carbocycles. The maximum absolute atomic E-state index is 13.1. The van der Waals surface area contributed by atoms with E-state index in [-0.39, 0.29) is 5.78 Å². The summed E-state index contributed by atoms with van der Waals surface area (Å²) in [5.74, 6) is 1.76. The minimum absolute atomic E-state index is 0.260. The minimum atomic E-state index is 0.260. The van der Waals surface area contributed by atoms with E-state index in [9.17, 15) is 4.79 Å². The van der Waals surface area contributed by atoms with Crippen molar-refractivity contribution in [3.05, 3.63) is 29.8 Å². The third-order valence-electron chi connectivity index (χ3n) is 6.28. The van der Waals surface area contributed by atoms with E-state index in [1.165, 1.54) is 45.3 Å². The van der Waals surface area contributed by atoms with Gasteiger partial charge in [0.1, 0.15) is 0 Å². The van der Waals surface area contributed by atoms with E-state index in [4.69, 9.17) is 4.74 Å². The van der Waals surface area contributed by atoms with Crippen molar-refractivity contribution in [2.45, 2.75) is 58.4 Å². The first kappa shape index (κ1) is 18.5. The number of carbonyl (C=O) groups excluding carboxylic acids is 1. The normalized spacial score (nSPS) is 18.4. The maximum Gasteiger partial charge on any atom is 0.205 e. The number of piperidine rings is 1. The number of ketones is 1. The lowest BCUT2D eigenvalue weighted by Crippen LogP contribution is -2.34. The van der Waals surface area contributed by atoms with Crippen LogP contribution >= 0.6 is 0 Å². The summed E-state index contributed by atoms with van der Waals surface area (Å²) in [5, 5.41) is 1.06. The van der Waals surface area contributed by atoms with E-state index < -0.39 is 0 Å². The minimum Gasteiger partial charge on any atom is -0.478 e. The number of rotatable bonds is 7. The van der Waals surface area contributed by atoms with Crippen molar-refractivity contribution < 1.29 is 9.53 Å². The second-order valence-electron chi connectivity index (χ2n) is 8.15. The van der Waals surface area contributed by atoms with Crippen molar-refractivity contribution in [2.75, 3.05) is 26.2 Å². The first-order chi connectivity index (χ1) is 13.3. The number of benzene rings is 1. The van der Waals surface area contributed by atoms with Gasteiger partial charge in [-0.25, -0.2) is 0 Å². The van der Waals surface area contributed by atoms with Gasteiger partial charge in [-0.2, -0.15) is 0 Å². The van der Waals surface area contributed by atoms with Crippen molar-refractivity contribution in [1.29, 1.82) is 0 Å². The molecule has 4 nitrogen and oxygen atoms in total. The molecule has 1 fully saturated rings. The molecule has 0 unspecified atom stereocenters. The number of hydrogen-bond donors (Lipinski definition) is 0. The van der Waals surface area contributed by atoms with Gasteiger partial charge in [0.2, 0.25) is 5.88 Å². The summed E-state index contributed by atoms with van der Waals surface area (Å²) in [6.45, 7) is 7.56. The van der Waals surface area contributed by atoms with Crippen LogP contribution in [0.5, 0.6) is 5.88 Å². The number of carbonyl (C=O) groups is 1. The Kier molecular flexibility index (Phi) is 5.82. The van der Waals surface area contributed by atoms with E-state index in [0.717, 1.165) is 41.7 Å². The number of unbranched alkanes of at least 4 members (excludes halogenated alkanes) is 1. The van der Waals surface area contributed by atoms with Gasteiger partial charge < -0.3 is 14.2 Å². The number of ether oxygens (including phenoxy) is 1. The van der Waals surface area contributed by atoms with Crippen molar-refractivity contribution in [1.82, 2.24) is 9.47 Å². The molecule has 27 heavy (non-hydrogen) atoms. The van der Waals surface area contributed by atoms with E-state index in [1.807, 2.05) is 12.1 Å². The maximum atomic E-state index is 13.1. The molecule has 0 atom stereocenters. The lowest BCUT2D eigenvalue weighted by molar-refractivity contribution is 0.0957. The Morgan fingerprint density at radius 2 is 2.00 bits per heavy atom. The predicted molar refractivity (Wildman–Crippen MR) is 110 cm³/mol. The third kappa shape index (κ3) is 3.91. The summed E-state index contributed by atoms with van der Waals surface area (Å²) < 4.78 is 8.13. The molecule has 146 valence electrons. The molecular weight excluding hydrogens is 336 g/mol. The molecule has 1 saturated heterocycles. The zero-order valence-corrected chi connectivity index (χ0v) is 16.6. The zero-order valence-electron chi connectivity index (χ0n) is 16.6. The zero-order chi connectivity index (χ0) is 18.6. The summed E-state index contributed by atoms with van der Waals surface area (Å²) in [5.41, 5.74) is 1.96. The smallest absolute Gasteiger partial charge is 0.205 e. The highest BCUT2D eigenvalue weighted by molar-refractivity contribution is 6.10. The lowest BCUT2D eigenvalue weighted by Gasteiger charge is -2.31. The Hall–Kier alpha value is -1.81. The average molecular weight is 369 g/mol. The number of fused-ring (bicyclic) bond motifs is 3. The molecule has 0 amide bonds. The Morgan fingerprint density at radius 1 is 1.19 bits per heavy atom. The van der Waals surface area contributed by atoms with Crippen molar-refractivity contribution >= 4 is 16.7 Å². The topological polar surface area (TPSA) is 34.5 Å². The van der Waals surface area contributed by atoms with Gasteiger partial charge in [-0.3, -0.25) is 4.79 Å². The molecule has 3 heterocycles. The summed E-state index contributed by atoms with van der Waals surface area (Å²) in [6, 6.07) is 8.25. The number of Topliss-reactive ketones (excluding diaryl/α,β-unsaturated/α-hetero) is 1. The van der Waals surface area contributed by atoms with Gasteiger partial charge in [-0.15, -0.1) is 0 Å². The highest BCUT2D eigenvalue weighted by atomic mass is 16.5. The van der Waals surface area contributed by atoms with E-state index in [0.29, 0.717) is 18.9 Å². The van der Waals surface area contributed by atoms with Crippen LogP contribution in [0.1, 0.15) is 62.2 Å². The molecular formula is C23H32N2O2. The fraction of sp³-hybridized carbons (Fsp3) is 0.609. The quantitative estimate of drug-likeness (QED) is 0.652. The van der Waals surface area contributed by atoms with E-state index >= 15 is 0 Å². The monoisotopic (exact) mass is 368 g/mol. The molecule has 0 bridgehead atoms. The van der Waals surface area contributed by atoms with Crippen LogP contribution in [0.15, 0.2) is 24.3 Å². The molecule has 2 aliphatic heterocycles. The molecule has 0 radical (unpaired) electrons. The van der Waals surface area contributed by atoms with E-state index in [2.05, 4.69) is 28.5 Å². The van der Waals surface area contributed by atoms with Gasteiger partial charge in [-0.05, 0) is 63.7 Å². The van der Waals surface area contributed by atoms with Gasteiger partial charge in [0.05, 0.1) is 17.7 Å². The van der Waals surface area contributed by atoms with Crippen molar-refractivity contribution in [3.8, 4) is 5.88 Å². The fourth-order valence-corrected chi connectivity index (χ4v) is 4.65. The van der Waals surface area contributed by atoms with Crippen LogP contribution in [0.25, 0.3) is 10.9 Å². The van der Waals surface area contributed by atoms with Crippen LogP contribution in [-0.2, 0) is 6.54 Å². The molecule has 2 aromatic rings. The molecule has 0 aliphatic carbocycles. The Balaban J connectivity index is 1.41. The number of nitrogens with zero attached hydrogens (tertiary/aromatic N) is 2. The molecule has 1 aromatic heterocycles. The number of aromatic nitrogens is 1. The second-order valence-corrected chi connectivity index (χ2v) is 8.15. The van der Waals surface area contributed by atoms with Gasteiger partial charge >= 0.3 is 0 Å². The largest absolute Gasteiger partial charge is 0.478 e. The SMILES string of the molecule is CCCCN1CCC(CCC(=O)c2c3n(c4ccccc24)CCCO3)CC1. The Morgan fingerprint density at radius 3 is 2.81 bits per heavy atom. The lowest BCUT2D eigenvalue weighted by atomic mass is 9.90. The van der Waals surface area contributed by atoms with Crippen LogP contribution in [0.3, 0.4) is 0 Å². The highest BCUT2D eigenvalue weighted by Crippen LogP contribution is 2.36. The van der Waals surface area contributed by atoms with Crippen LogP contribution < -0.4 is 4.74 Å². The number of para-hydroxylation sites is 1. The molecule has 0 N–H and O–H groups in total. The fourth-order valence-electron chi connectivity index (χ4n) is 4.65. The molecule has 2 aliphatic rings. The van der Waals surface area contributed by atoms with Crippen LogP contribution in [0.2, 0.25) is 0 Å². The molecule has 4 rings (SSSR count). The van der Waals surface area contributed by atoms with Crippen LogP contribution in [0.4, 0.5) is 0 Å². The van der Waals surface area contributed by atoms with Gasteiger partial charge in [0, 0.05) is 18.4 Å². The summed E-state index contributed by atoms with van der Waals surface area (Å²) in [6.07, 6.45) is 7.71. The molecule has 0 spiro atoms. The van der Waals surface area contributed by atoms with Crippen molar-refractivity contribution in [2.24, 2.45) is 5.92 Å². The third-order valence-corrected chi connectivity index (χ3v) is 6.28. The first-order valence-electron chi connectivity index (χ1n) is 10.8. The Labute approximate surface area is 162 Å². The van der Waals surface area contributed by atoms with Gasteiger partial charge in [-0.1, -0.05) is 31.5 Å². The second kappa shape index (κ2) is 8.47. The van der Waals surface area contributed by atoms with Crippen molar-refractivity contribution in [3.63, 3.8) is 0 Å². The van der Waals surface area contributed by atoms with Gasteiger partial charge in [0.15, 0.2) is 5.78 Å². The molecule has 4 heteroatoms. The highest BCUT2D eigenvalue weighted by Gasteiger charge is 2.26. The molecule has 0 saturated carbocycles. The van der Waals surface area contributed by atoms with Gasteiger partial charge in [0.25, 0.3) is 0 Å². The summed E-state index contributed by atoms with van der Waals surface area (Å²) in [7, 11) is 0. The number of likely N-dealkylation sites (tertiary alicyclic amines) is 1. The Bertz CT molecular complexity index is 787. The predicted octanol–water partition coefficient (Wildman–Crippen LogP) is 4.90. The van der Waals surface area contributed by atoms with Crippen LogP contribution in [-0.4, -0.2) is 41.5 Å². The van der Waals surface area contributed by atoms with Crippen LogP contribution in [0, 0.1) is 5.92 Å².